The van der Waals surface area contributed by atoms with Gasteiger partial charge in [-0.25, -0.2) is 4.79 Å². The first kappa shape index (κ1) is 15.1. The van der Waals surface area contributed by atoms with Crippen molar-refractivity contribution in [3.8, 4) is 0 Å². The van der Waals surface area contributed by atoms with Crippen LogP contribution in [0.1, 0.15) is 33.1 Å². The van der Waals surface area contributed by atoms with Gasteiger partial charge in [-0.2, -0.15) is 0 Å². The van der Waals surface area contributed by atoms with E-state index in [9.17, 15) is 19.8 Å². The standard InChI is InChI=1S/C14H24N2O4/c1-14(2,12(18)19)10-4-3-6-15(8-10)13(20)16-7-5-11(17)9-16/h10-11,17H,3-9H2,1-2H3,(H,18,19). The Balaban J connectivity index is 2.00. The monoisotopic (exact) mass is 284 g/mol. The average molecular weight is 284 g/mol. The molecule has 0 aromatic rings. The Labute approximate surface area is 119 Å². The Morgan fingerprint density at radius 3 is 2.30 bits per heavy atom. The van der Waals surface area contributed by atoms with Crippen LogP contribution < -0.4 is 0 Å². The van der Waals surface area contributed by atoms with Crippen LogP contribution in [0, 0.1) is 11.3 Å². The molecule has 2 aliphatic heterocycles. The van der Waals surface area contributed by atoms with Gasteiger partial charge in [-0.1, -0.05) is 0 Å². The second kappa shape index (κ2) is 5.60. The number of hydrogen-bond acceptors (Lipinski definition) is 3. The van der Waals surface area contributed by atoms with E-state index in [4.69, 9.17) is 0 Å². The molecule has 2 unspecified atom stereocenters. The molecule has 2 saturated heterocycles. The number of aliphatic carboxylic acids is 1. The highest BCUT2D eigenvalue weighted by Gasteiger charge is 2.41. The topological polar surface area (TPSA) is 81.1 Å². The van der Waals surface area contributed by atoms with Gasteiger partial charge in [-0.3, -0.25) is 4.79 Å². The molecule has 20 heavy (non-hydrogen) atoms. The summed E-state index contributed by atoms with van der Waals surface area (Å²) >= 11 is 0. The molecule has 2 N–H and O–H groups in total. The van der Waals surface area contributed by atoms with E-state index in [2.05, 4.69) is 0 Å². The highest BCUT2D eigenvalue weighted by molar-refractivity contribution is 5.76. The van der Waals surface area contributed by atoms with Crippen LogP contribution in [-0.4, -0.2) is 64.3 Å². The van der Waals surface area contributed by atoms with Crippen LogP contribution in [0.5, 0.6) is 0 Å². The number of urea groups is 1. The number of rotatable bonds is 2. The maximum Gasteiger partial charge on any atom is 0.320 e. The summed E-state index contributed by atoms with van der Waals surface area (Å²) in [5.41, 5.74) is -0.816. The number of β-amino-alcohol motifs (C(OH)–C–C–N with tert-alkyl or cyclic N) is 1. The normalized spacial score (nSPS) is 27.8. The number of aliphatic hydroxyl groups excluding tert-OH is 1. The van der Waals surface area contributed by atoms with Gasteiger partial charge >= 0.3 is 12.0 Å². The summed E-state index contributed by atoms with van der Waals surface area (Å²) in [6.45, 7) is 5.61. The Bertz CT molecular complexity index is 397. The minimum absolute atomic E-state index is 0.0229. The number of likely N-dealkylation sites (tertiary alicyclic amines) is 2. The zero-order valence-corrected chi connectivity index (χ0v) is 12.2. The summed E-state index contributed by atoms with van der Waals surface area (Å²) in [7, 11) is 0. The van der Waals surface area contributed by atoms with E-state index in [1.165, 1.54) is 0 Å². The summed E-state index contributed by atoms with van der Waals surface area (Å²) in [5.74, 6) is -0.835. The van der Waals surface area contributed by atoms with Gasteiger partial charge in [0.15, 0.2) is 0 Å². The molecule has 2 atom stereocenters. The molecule has 0 aromatic carbocycles. The van der Waals surface area contributed by atoms with Crippen molar-refractivity contribution in [2.75, 3.05) is 26.2 Å². The summed E-state index contributed by atoms with van der Waals surface area (Å²) in [6, 6.07) is -0.0626. The highest BCUT2D eigenvalue weighted by atomic mass is 16.4. The number of nitrogens with zero attached hydrogens (tertiary/aromatic N) is 2. The zero-order chi connectivity index (χ0) is 14.9. The minimum atomic E-state index is -0.816. The lowest BCUT2D eigenvalue weighted by Crippen LogP contribution is -2.50. The number of amides is 2. The number of carbonyl (C=O) groups is 2. The fourth-order valence-electron chi connectivity index (χ4n) is 3.03. The van der Waals surface area contributed by atoms with Gasteiger partial charge in [0, 0.05) is 26.2 Å². The van der Waals surface area contributed by atoms with Gasteiger partial charge in [-0.05, 0) is 39.0 Å². The number of hydrogen-bond donors (Lipinski definition) is 2. The summed E-state index contributed by atoms with van der Waals surface area (Å²) in [5, 5.41) is 18.8. The number of carboxylic acids is 1. The van der Waals surface area contributed by atoms with Gasteiger partial charge in [0.2, 0.25) is 0 Å². The van der Waals surface area contributed by atoms with Crippen molar-refractivity contribution >= 4 is 12.0 Å². The van der Waals surface area contributed by atoms with Crippen molar-refractivity contribution in [1.82, 2.24) is 9.80 Å². The van der Waals surface area contributed by atoms with E-state index in [0.717, 1.165) is 12.8 Å². The molecular formula is C14H24N2O4. The molecule has 2 amide bonds. The lowest BCUT2D eigenvalue weighted by Gasteiger charge is -2.40. The van der Waals surface area contributed by atoms with Crippen LogP contribution in [0.4, 0.5) is 4.79 Å². The van der Waals surface area contributed by atoms with Crippen LogP contribution >= 0.6 is 0 Å². The molecule has 2 rings (SSSR count). The fraction of sp³-hybridized carbons (Fsp3) is 0.857. The third-order valence-corrected chi connectivity index (χ3v) is 4.70. The molecule has 0 spiro atoms. The third-order valence-electron chi connectivity index (χ3n) is 4.70. The molecule has 0 bridgehead atoms. The third kappa shape index (κ3) is 2.90. The molecule has 0 saturated carbocycles. The molecule has 0 aromatic heterocycles. The van der Waals surface area contributed by atoms with Crippen molar-refractivity contribution in [1.29, 1.82) is 0 Å². The zero-order valence-electron chi connectivity index (χ0n) is 12.2. The lowest BCUT2D eigenvalue weighted by molar-refractivity contribution is -0.151. The van der Waals surface area contributed by atoms with Gasteiger partial charge in [-0.15, -0.1) is 0 Å². The summed E-state index contributed by atoms with van der Waals surface area (Å²) in [4.78, 5) is 27.1. The van der Waals surface area contributed by atoms with Gasteiger partial charge < -0.3 is 20.0 Å². The fourth-order valence-corrected chi connectivity index (χ4v) is 3.03. The van der Waals surface area contributed by atoms with Crippen molar-refractivity contribution in [3.63, 3.8) is 0 Å². The smallest absolute Gasteiger partial charge is 0.320 e. The molecular weight excluding hydrogens is 260 g/mol. The van der Waals surface area contributed by atoms with E-state index >= 15 is 0 Å². The number of carbonyl (C=O) groups excluding carboxylic acids is 1. The molecule has 0 aliphatic carbocycles. The average Bonchev–Trinajstić information content (AvgIpc) is 2.84. The molecule has 6 nitrogen and oxygen atoms in total. The van der Waals surface area contributed by atoms with Crippen LogP contribution in [0.3, 0.4) is 0 Å². The van der Waals surface area contributed by atoms with Crippen LogP contribution in [0.2, 0.25) is 0 Å². The summed E-state index contributed by atoms with van der Waals surface area (Å²) in [6.07, 6.45) is 1.88. The molecule has 6 heteroatoms. The van der Waals surface area contributed by atoms with Crippen LogP contribution in [0.25, 0.3) is 0 Å². The van der Waals surface area contributed by atoms with Crippen LogP contribution in [-0.2, 0) is 4.79 Å². The largest absolute Gasteiger partial charge is 0.481 e. The van der Waals surface area contributed by atoms with E-state index in [1.807, 2.05) is 0 Å². The molecule has 2 aliphatic rings. The highest BCUT2D eigenvalue weighted by Crippen LogP contribution is 2.34. The van der Waals surface area contributed by atoms with E-state index in [0.29, 0.717) is 32.6 Å². The van der Waals surface area contributed by atoms with E-state index in [-0.39, 0.29) is 11.9 Å². The number of piperidine rings is 1. The molecule has 2 fully saturated rings. The second-order valence-corrected chi connectivity index (χ2v) is 6.48. The van der Waals surface area contributed by atoms with E-state index < -0.39 is 17.5 Å². The molecule has 0 radical (unpaired) electrons. The SMILES string of the molecule is CC(C)(C(=O)O)C1CCCN(C(=O)N2CCC(O)C2)C1. The summed E-state index contributed by atoms with van der Waals surface area (Å²) < 4.78 is 0. The number of carboxylic acid groups (broad SMARTS) is 1. The lowest BCUT2D eigenvalue weighted by atomic mass is 9.74. The van der Waals surface area contributed by atoms with Gasteiger partial charge in [0.1, 0.15) is 0 Å². The Morgan fingerprint density at radius 1 is 1.10 bits per heavy atom. The number of aliphatic hydroxyl groups is 1. The van der Waals surface area contributed by atoms with Gasteiger partial charge in [0.25, 0.3) is 0 Å². The maximum atomic E-state index is 12.4. The minimum Gasteiger partial charge on any atom is -0.481 e. The van der Waals surface area contributed by atoms with Crippen LogP contribution in [0.15, 0.2) is 0 Å². The Kier molecular flexibility index (Phi) is 4.22. The quantitative estimate of drug-likeness (QED) is 0.792. The first-order chi connectivity index (χ1) is 9.32. The van der Waals surface area contributed by atoms with Crippen molar-refractivity contribution < 1.29 is 19.8 Å². The van der Waals surface area contributed by atoms with Crippen molar-refractivity contribution in [2.24, 2.45) is 11.3 Å². The Hall–Kier alpha value is -1.30. The first-order valence-corrected chi connectivity index (χ1v) is 7.27. The van der Waals surface area contributed by atoms with Crippen molar-refractivity contribution in [2.45, 2.75) is 39.2 Å². The maximum absolute atomic E-state index is 12.4. The first-order valence-electron chi connectivity index (χ1n) is 7.27. The molecule has 114 valence electrons. The van der Waals surface area contributed by atoms with E-state index in [1.54, 1.807) is 23.6 Å². The molecule has 2 heterocycles. The predicted octanol–water partition coefficient (Wildman–Crippen LogP) is 0.996. The van der Waals surface area contributed by atoms with Gasteiger partial charge in [0.05, 0.1) is 11.5 Å². The van der Waals surface area contributed by atoms with Crippen molar-refractivity contribution in [3.05, 3.63) is 0 Å². The Morgan fingerprint density at radius 2 is 1.75 bits per heavy atom. The predicted molar refractivity (Wildman–Crippen MR) is 73.3 cm³/mol. The second-order valence-electron chi connectivity index (χ2n) is 6.48.